The Morgan fingerprint density at radius 3 is 2.42 bits per heavy atom. The highest BCUT2D eigenvalue weighted by Crippen LogP contribution is 2.53. The summed E-state index contributed by atoms with van der Waals surface area (Å²) in [7, 11) is 0. The van der Waals surface area contributed by atoms with Gasteiger partial charge in [0, 0.05) is 0 Å². The van der Waals surface area contributed by atoms with E-state index in [1.807, 2.05) is 17.0 Å². The van der Waals surface area contributed by atoms with Gasteiger partial charge in [-0.1, -0.05) is 29.4 Å². The molecule has 1 fully saturated rings. The number of fused-ring (bicyclic) bond motifs is 5. The summed E-state index contributed by atoms with van der Waals surface area (Å²) in [4.78, 5) is 14.7. The highest BCUT2D eigenvalue weighted by Gasteiger charge is 2.46. The lowest BCUT2D eigenvalue weighted by Crippen LogP contribution is -2.28. The summed E-state index contributed by atoms with van der Waals surface area (Å²) in [5.74, 6) is 0.641. The van der Waals surface area contributed by atoms with Crippen LogP contribution >= 0.6 is 0 Å². The monoisotopic (exact) mass is 254 g/mol. The number of aryl methyl sites for hydroxylation is 1. The first kappa shape index (κ1) is 10.8. The Morgan fingerprint density at radius 2 is 1.89 bits per heavy atom. The van der Waals surface area contributed by atoms with E-state index in [4.69, 9.17) is 4.52 Å². The lowest BCUT2D eigenvalue weighted by molar-refractivity contribution is 0.0695. The van der Waals surface area contributed by atoms with Gasteiger partial charge in [-0.2, -0.15) is 0 Å². The minimum absolute atomic E-state index is 0.0439. The fourth-order valence-electron chi connectivity index (χ4n) is 3.47. The third-order valence-corrected chi connectivity index (χ3v) is 4.31. The van der Waals surface area contributed by atoms with Gasteiger partial charge >= 0.3 is 0 Å². The van der Waals surface area contributed by atoms with Crippen molar-refractivity contribution in [3.63, 3.8) is 0 Å². The maximum Gasteiger partial charge on any atom is 0.260 e. The lowest BCUT2D eigenvalue weighted by Gasteiger charge is -2.21. The second kappa shape index (κ2) is 3.70. The predicted octanol–water partition coefficient (Wildman–Crippen LogP) is 3.02. The molecule has 0 aliphatic carbocycles. The molecule has 0 saturated carbocycles. The van der Waals surface area contributed by atoms with Crippen molar-refractivity contribution in [2.24, 2.45) is 0 Å². The minimum atomic E-state index is 0.0439. The number of carbonyl (C=O) groups excluding carboxylic acids is 1. The number of amides is 1. The molecule has 2 aliphatic rings. The van der Waals surface area contributed by atoms with E-state index in [-0.39, 0.29) is 18.0 Å². The predicted molar refractivity (Wildman–Crippen MR) is 68.6 cm³/mol. The van der Waals surface area contributed by atoms with Gasteiger partial charge in [0.1, 0.15) is 11.3 Å². The molecule has 4 nitrogen and oxygen atoms in total. The van der Waals surface area contributed by atoms with Crippen LogP contribution in [0.15, 0.2) is 35.0 Å². The third-order valence-electron chi connectivity index (χ3n) is 4.31. The zero-order valence-corrected chi connectivity index (χ0v) is 10.7. The van der Waals surface area contributed by atoms with E-state index in [1.54, 1.807) is 6.92 Å². The molecule has 2 unspecified atom stereocenters. The number of rotatable bonds is 1. The van der Waals surface area contributed by atoms with E-state index >= 15 is 0 Å². The summed E-state index contributed by atoms with van der Waals surface area (Å²) in [6, 6.07) is 8.82. The quantitative estimate of drug-likeness (QED) is 0.785. The molecule has 96 valence electrons. The number of hydrogen-bond acceptors (Lipinski definition) is 3. The van der Waals surface area contributed by atoms with Crippen LogP contribution < -0.4 is 0 Å². The molecule has 1 saturated heterocycles. The van der Waals surface area contributed by atoms with Gasteiger partial charge in [0.25, 0.3) is 5.91 Å². The average molecular weight is 254 g/mol. The molecule has 3 heterocycles. The smallest absolute Gasteiger partial charge is 0.260 e. The SMILES string of the molecule is Cc1oncc1C(=O)N1C2CCC1c1ccccc12. The van der Waals surface area contributed by atoms with Gasteiger partial charge in [-0.05, 0) is 30.9 Å². The van der Waals surface area contributed by atoms with Crippen molar-refractivity contribution in [1.82, 2.24) is 10.1 Å². The van der Waals surface area contributed by atoms with Crippen LogP contribution in [-0.2, 0) is 0 Å². The second-order valence-corrected chi connectivity index (χ2v) is 5.25. The summed E-state index contributed by atoms with van der Waals surface area (Å²) in [5.41, 5.74) is 3.20. The number of hydrogen-bond donors (Lipinski definition) is 0. The Hall–Kier alpha value is -2.10. The van der Waals surface area contributed by atoms with Crippen LogP contribution in [0.3, 0.4) is 0 Å². The molecule has 2 atom stereocenters. The van der Waals surface area contributed by atoms with Gasteiger partial charge in [0.2, 0.25) is 0 Å². The normalized spacial score (nSPS) is 23.7. The van der Waals surface area contributed by atoms with Crippen LogP contribution in [0.1, 0.15) is 52.2 Å². The van der Waals surface area contributed by atoms with Gasteiger partial charge in [-0.25, -0.2) is 0 Å². The molecular weight excluding hydrogens is 240 g/mol. The van der Waals surface area contributed by atoms with Crippen molar-refractivity contribution in [1.29, 1.82) is 0 Å². The molecule has 2 bridgehead atoms. The molecule has 0 N–H and O–H groups in total. The fraction of sp³-hybridized carbons (Fsp3) is 0.333. The van der Waals surface area contributed by atoms with Crippen LogP contribution in [0.25, 0.3) is 0 Å². The lowest BCUT2D eigenvalue weighted by atomic mass is 9.92. The molecule has 4 heteroatoms. The largest absolute Gasteiger partial charge is 0.361 e. The molecule has 1 aromatic heterocycles. The first-order chi connectivity index (χ1) is 9.27. The summed E-state index contributed by atoms with van der Waals surface area (Å²) in [6.45, 7) is 1.78. The molecule has 2 aliphatic heterocycles. The molecule has 0 radical (unpaired) electrons. The highest BCUT2D eigenvalue weighted by molar-refractivity contribution is 5.96. The van der Waals surface area contributed by atoms with E-state index in [9.17, 15) is 4.79 Å². The molecule has 19 heavy (non-hydrogen) atoms. The van der Waals surface area contributed by atoms with Gasteiger partial charge < -0.3 is 9.42 Å². The number of aromatic nitrogens is 1. The Labute approximate surface area is 111 Å². The van der Waals surface area contributed by atoms with Crippen molar-refractivity contribution in [3.8, 4) is 0 Å². The zero-order valence-electron chi connectivity index (χ0n) is 10.7. The summed E-state index contributed by atoms with van der Waals surface area (Å²) >= 11 is 0. The molecule has 1 aromatic carbocycles. The summed E-state index contributed by atoms with van der Waals surface area (Å²) in [6.07, 6.45) is 3.63. The Balaban J connectivity index is 1.76. The van der Waals surface area contributed by atoms with E-state index < -0.39 is 0 Å². The topological polar surface area (TPSA) is 46.3 Å². The van der Waals surface area contributed by atoms with Crippen LogP contribution in [0, 0.1) is 6.92 Å². The first-order valence-electron chi connectivity index (χ1n) is 6.60. The van der Waals surface area contributed by atoms with Crippen LogP contribution in [-0.4, -0.2) is 16.0 Å². The zero-order chi connectivity index (χ0) is 13.0. The van der Waals surface area contributed by atoms with E-state index in [0.29, 0.717) is 11.3 Å². The van der Waals surface area contributed by atoms with Crippen LogP contribution in [0.5, 0.6) is 0 Å². The molecule has 1 amide bonds. The van der Waals surface area contributed by atoms with Gasteiger partial charge in [-0.15, -0.1) is 0 Å². The maximum absolute atomic E-state index is 12.7. The summed E-state index contributed by atoms with van der Waals surface area (Å²) < 4.78 is 5.02. The molecule has 2 aromatic rings. The number of benzene rings is 1. The highest BCUT2D eigenvalue weighted by atomic mass is 16.5. The number of carbonyl (C=O) groups is 1. The Morgan fingerprint density at radius 1 is 1.26 bits per heavy atom. The van der Waals surface area contributed by atoms with Crippen LogP contribution in [0.4, 0.5) is 0 Å². The second-order valence-electron chi connectivity index (χ2n) is 5.25. The van der Waals surface area contributed by atoms with Gasteiger partial charge in [0.05, 0.1) is 18.3 Å². The standard InChI is InChI=1S/C15H14N2O2/c1-9-12(8-16-19-9)15(18)17-13-6-7-14(17)11-5-3-2-4-10(11)13/h2-5,8,13-14H,6-7H2,1H3. The molecule has 0 spiro atoms. The van der Waals surface area contributed by atoms with Gasteiger partial charge in [0.15, 0.2) is 0 Å². The fourth-order valence-corrected chi connectivity index (χ4v) is 3.47. The summed E-state index contributed by atoms with van der Waals surface area (Å²) in [5, 5.41) is 3.71. The Kier molecular flexibility index (Phi) is 2.10. The van der Waals surface area contributed by atoms with Gasteiger partial charge in [-0.3, -0.25) is 4.79 Å². The Bertz CT molecular complexity index is 631. The van der Waals surface area contributed by atoms with Crippen molar-refractivity contribution in [2.45, 2.75) is 31.8 Å². The minimum Gasteiger partial charge on any atom is -0.361 e. The molecular formula is C15H14N2O2. The van der Waals surface area contributed by atoms with E-state index in [2.05, 4.69) is 17.3 Å². The van der Waals surface area contributed by atoms with E-state index in [1.165, 1.54) is 17.3 Å². The van der Waals surface area contributed by atoms with Crippen molar-refractivity contribution in [3.05, 3.63) is 52.9 Å². The third kappa shape index (κ3) is 1.34. The number of nitrogens with zero attached hydrogens (tertiary/aromatic N) is 2. The van der Waals surface area contributed by atoms with Crippen molar-refractivity contribution >= 4 is 5.91 Å². The molecule has 4 rings (SSSR count). The maximum atomic E-state index is 12.7. The first-order valence-corrected chi connectivity index (χ1v) is 6.60. The van der Waals surface area contributed by atoms with Crippen molar-refractivity contribution < 1.29 is 9.32 Å². The van der Waals surface area contributed by atoms with Crippen molar-refractivity contribution in [2.75, 3.05) is 0 Å². The van der Waals surface area contributed by atoms with E-state index in [0.717, 1.165) is 12.8 Å². The van der Waals surface area contributed by atoms with Crippen LogP contribution in [0.2, 0.25) is 0 Å². The average Bonchev–Trinajstić information content (AvgIpc) is 3.11.